The minimum Gasteiger partial charge on any atom is -0.322 e. The fourth-order valence-electron chi connectivity index (χ4n) is 4.55. The highest BCUT2D eigenvalue weighted by molar-refractivity contribution is 6.30. The maximum atomic E-state index is 12.7. The molecule has 1 aromatic carbocycles. The number of hydrogen-bond acceptors (Lipinski definition) is 3. The van der Waals surface area contributed by atoms with E-state index in [4.69, 9.17) is 11.6 Å². The maximum Gasteiger partial charge on any atom is 0.416 e. The van der Waals surface area contributed by atoms with E-state index in [1.807, 2.05) is 11.9 Å². The second-order valence-corrected chi connectivity index (χ2v) is 8.48. The molecule has 9 heteroatoms. The summed E-state index contributed by atoms with van der Waals surface area (Å²) in [7, 11) is 2.01. The number of halogens is 4. The summed E-state index contributed by atoms with van der Waals surface area (Å²) in [4.78, 5) is 16.6. The molecule has 1 saturated heterocycles. The molecular formula is C20H22ClF3N4O. The van der Waals surface area contributed by atoms with Gasteiger partial charge in [-0.05, 0) is 49.4 Å². The number of fused-ring (bicyclic) bond motifs is 1. The number of hydrogen-bond donors (Lipinski definition) is 0. The van der Waals surface area contributed by atoms with E-state index in [0.29, 0.717) is 42.5 Å². The standard InChI is InChI=1S/C20H22ClF3N4O/c1-26(9-13-2-4-16(5-3-13)20(22,23)24)18-6-14-10-27(11-15(14)7-18)19(29)28-12-17(21)8-25-28/h2-5,8,12,14-15,18H,6-7,9-11H2,1H3/t14-,15+,18-. The Balaban J connectivity index is 1.31. The lowest BCUT2D eigenvalue weighted by Gasteiger charge is -2.26. The molecule has 1 aromatic heterocycles. The molecule has 0 unspecified atom stereocenters. The zero-order chi connectivity index (χ0) is 20.8. The number of benzene rings is 1. The van der Waals surface area contributed by atoms with Crippen molar-refractivity contribution >= 4 is 17.6 Å². The van der Waals surface area contributed by atoms with E-state index in [9.17, 15) is 18.0 Å². The molecule has 2 fully saturated rings. The summed E-state index contributed by atoms with van der Waals surface area (Å²) < 4.78 is 39.4. The number of rotatable bonds is 3. The third-order valence-electron chi connectivity index (χ3n) is 6.08. The van der Waals surface area contributed by atoms with E-state index < -0.39 is 11.7 Å². The second-order valence-electron chi connectivity index (χ2n) is 8.05. The largest absolute Gasteiger partial charge is 0.416 e. The Bertz CT molecular complexity index is 869. The summed E-state index contributed by atoms with van der Waals surface area (Å²) in [6.07, 6.45) is 0.607. The van der Waals surface area contributed by atoms with E-state index in [0.717, 1.165) is 30.5 Å². The first-order valence-electron chi connectivity index (χ1n) is 9.56. The summed E-state index contributed by atoms with van der Waals surface area (Å²) >= 11 is 5.84. The highest BCUT2D eigenvalue weighted by Gasteiger charge is 2.43. The summed E-state index contributed by atoms with van der Waals surface area (Å²) in [5.74, 6) is 0.870. The van der Waals surface area contributed by atoms with Crippen molar-refractivity contribution in [3.63, 3.8) is 0 Å². The van der Waals surface area contributed by atoms with Crippen LogP contribution in [0.3, 0.4) is 0 Å². The fourth-order valence-corrected chi connectivity index (χ4v) is 4.69. The molecule has 2 heterocycles. The summed E-state index contributed by atoms with van der Waals surface area (Å²) in [5.41, 5.74) is 0.243. The fraction of sp³-hybridized carbons (Fsp3) is 0.500. The molecule has 0 spiro atoms. The molecule has 2 aliphatic rings. The number of carbonyl (C=O) groups is 1. The quantitative estimate of drug-likeness (QED) is 0.732. The Morgan fingerprint density at radius 2 is 1.83 bits per heavy atom. The van der Waals surface area contributed by atoms with Gasteiger partial charge in [-0.2, -0.15) is 23.0 Å². The van der Waals surface area contributed by atoms with E-state index in [2.05, 4.69) is 10.00 Å². The zero-order valence-electron chi connectivity index (χ0n) is 15.9. The van der Waals surface area contributed by atoms with Crippen LogP contribution in [0.1, 0.15) is 24.0 Å². The third kappa shape index (κ3) is 4.28. The van der Waals surface area contributed by atoms with Crippen molar-refractivity contribution in [3.05, 3.63) is 52.8 Å². The molecule has 4 rings (SSSR count). The van der Waals surface area contributed by atoms with Crippen LogP contribution in [0.2, 0.25) is 5.02 Å². The molecule has 1 amide bonds. The molecule has 29 heavy (non-hydrogen) atoms. The predicted octanol–water partition coefficient (Wildman–Crippen LogP) is 4.37. The average molecular weight is 427 g/mol. The number of likely N-dealkylation sites (tertiary alicyclic amines) is 1. The molecule has 0 N–H and O–H groups in total. The molecule has 3 atom stereocenters. The zero-order valence-corrected chi connectivity index (χ0v) is 16.7. The lowest BCUT2D eigenvalue weighted by molar-refractivity contribution is -0.137. The molecule has 5 nitrogen and oxygen atoms in total. The van der Waals surface area contributed by atoms with Gasteiger partial charge in [-0.3, -0.25) is 4.90 Å². The Hall–Kier alpha value is -2.06. The van der Waals surface area contributed by atoms with Gasteiger partial charge >= 0.3 is 12.2 Å². The van der Waals surface area contributed by atoms with E-state index in [-0.39, 0.29) is 6.03 Å². The van der Waals surface area contributed by atoms with Gasteiger partial charge in [-0.1, -0.05) is 23.7 Å². The van der Waals surface area contributed by atoms with Crippen LogP contribution in [-0.2, 0) is 12.7 Å². The lowest BCUT2D eigenvalue weighted by atomic mass is 10.0. The van der Waals surface area contributed by atoms with Gasteiger partial charge in [0, 0.05) is 25.7 Å². The molecule has 2 aromatic rings. The monoisotopic (exact) mass is 426 g/mol. The number of alkyl halides is 3. The highest BCUT2D eigenvalue weighted by Crippen LogP contribution is 2.40. The van der Waals surface area contributed by atoms with Gasteiger partial charge in [0.05, 0.1) is 23.0 Å². The normalized spacial score (nSPS) is 24.3. The lowest BCUT2D eigenvalue weighted by Crippen LogP contribution is -2.36. The van der Waals surface area contributed by atoms with Crippen LogP contribution in [0.25, 0.3) is 0 Å². The van der Waals surface area contributed by atoms with Gasteiger partial charge in [0.1, 0.15) is 0 Å². The Morgan fingerprint density at radius 3 is 2.34 bits per heavy atom. The third-order valence-corrected chi connectivity index (χ3v) is 6.28. The summed E-state index contributed by atoms with van der Waals surface area (Å²) in [6.45, 7) is 2.01. The molecule has 0 bridgehead atoms. The number of aromatic nitrogens is 2. The van der Waals surface area contributed by atoms with Gasteiger partial charge < -0.3 is 4.90 Å². The molecule has 1 saturated carbocycles. The second kappa shape index (κ2) is 7.65. The first kappa shape index (κ1) is 20.2. The van der Waals surface area contributed by atoms with Crippen molar-refractivity contribution in [3.8, 4) is 0 Å². The van der Waals surface area contributed by atoms with Crippen LogP contribution in [-0.4, -0.2) is 51.8 Å². The van der Waals surface area contributed by atoms with Crippen LogP contribution in [0.5, 0.6) is 0 Å². The smallest absolute Gasteiger partial charge is 0.322 e. The predicted molar refractivity (Wildman–Crippen MR) is 103 cm³/mol. The minimum atomic E-state index is -4.31. The maximum absolute atomic E-state index is 12.7. The van der Waals surface area contributed by atoms with Crippen molar-refractivity contribution in [2.75, 3.05) is 20.1 Å². The van der Waals surface area contributed by atoms with Crippen LogP contribution >= 0.6 is 11.6 Å². The van der Waals surface area contributed by atoms with Gasteiger partial charge in [0.25, 0.3) is 0 Å². The Kier molecular flexibility index (Phi) is 5.33. The van der Waals surface area contributed by atoms with Gasteiger partial charge in [0.2, 0.25) is 0 Å². The van der Waals surface area contributed by atoms with Gasteiger partial charge in [0.15, 0.2) is 0 Å². The Labute approximate surface area is 172 Å². The topological polar surface area (TPSA) is 41.4 Å². The van der Waals surface area contributed by atoms with Crippen molar-refractivity contribution in [1.82, 2.24) is 19.6 Å². The van der Waals surface area contributed by atoms with Gasteiger partial charge in [-0.15, -0.1) is 0 Å². The van der Waals surface area contributed by atoms with Crippen molar-refractivity contribution in [2.45, 2.75) is 31.6 Å². The molecular weight excluding hydrogens is 405 g/mol. The van der Waals surface area contributed by atoms with Crippen molar-refractivity contribution in [2.24, 2.45) is 11.8 Å². The molecule has 1 aliphatic heterocycles. The number of amides is 1. The van der Waals surface area contributed by atoms with Crippen LogP contribution in [0, 0.1) is 11.8 Å². The molecule has 1 aliphatic carbocycles. The summed E-state index contributed by atoms with van der Waals surface area (Å²) in [6, 6.07) is 5.58. The van der Waals surface area contributed by atoms with E-state index in [1.54, 1.807) is 12.1 Å². The minimum absolute atomic E-state index is 0.152. The van der Waals surface area contributed by atoms with Crippen molar-refractivity contribution in [1.29, 1.82) is 0 Å². The average Bonchev–Trinajstić information content (AvgIpc) is 3.35. The number of nitrogens with zero attached hydrogens (tertiary/aromatic N) is 4. The van der Waals surface area contributed by atoms with Crippen LogP contribution in [0.15, 0.2) is 36.7 Å². The first-order chi connectivity index (χ1) is 13.7. The molecule has 156 valence electrons. The SMILES string of the molecule is CN(Cc1ccc(C(F)(F)F)cc1)[C@@H]1C[C@@H]2CN(C(=O)n3cc(Cl)cn3)C[C@@H]2C1. The molecule has 0 radical (unpaired) electrons. The van der Waals surface area contributed by atoms with Crippen LogP contribution in [0.4, 0.5) is 18.0 Å². The first-order valence-corrected chi connectivity index (χ1v) is 9.94. The van der Waals surface area contributed by atoms with Crippen molar-refractivity contribution < 1.29 is 18.0 Å². The number of carbonyl (C=O) groups excluding carboxylic acids is 1. The van der Waals surface area contributed by atoms with Gasteiger partial charge in [-0.25, -0.2) is 4.79 Å². The van der Waals surface area contributed by atoms with E-state index in [1.165, 1.54) is 17.1 Å². The van der Waals surface area contributed by atoms with E-state index >= 15 is 0 Å². The summed E-state index contributed by atoms with van der Waals surface area (Å²) in [5, 5.41) is 4.41. The Morgan fingerprint density at radius 1 is 1.21 bits per heavy atom. The van der Waals surface area contributed by atoms with Crippen LogP contribution < -0.4 is 0 Å². The highest BCUT2D eigenvalue weighted by atomic mass is 35.5.